The number of aromatic nitrogens is 2. The minimum Gasteiger partial charge on any atom is -0.372 e. The van der Waals surface area contributed by atoms with Crippen molar-refractivity contribution in [3.63, 3.8) is 0 Å². The van der Waals surface area contributed by atoms with Gasteiger partial charge in [-0.25, -0.2) is 9.37 Å². The van der Waals surface area contributed by atoms with Gasteiger partial charge in [-0.15, -0.1) is 0 Å². The fourth-order valence-corrected chi connectivity index (χ4v) is 3.19. The van der Waals surface area contributed by atoms with E-state index in [2.05, 4.69) is 15.6 Å². The van der Waals surface area contributed by atoms with Crippen LogP contribution in [0.4, 0.5) is 4.39 Å². The molecule has 0 spiro atoms. The van der Waals surface area contributed by atoms with Crippen molar-refractivity contribution in [2.75, 3.05) is 20.1 Å². The van der Waals surface area contributed by atoms with Gasteiger partial charge in [0.1, 0.15) is 11.5 Å². The van der Waals surface area contributed by atoms with Gasteiger partial charge in [0.25, 0.3) is 0 Å². The number of halogens is 1. The van der Waals surface area contributed by atoms with Gasteiger partial charge in [0.2, 0.25) is 5.91 Å². The number of carbonyl (C=O) groups excluding carboxylic acids is 1. The summed E-state index contributed by atoms with van der Waals surface area (Å²) in [7, 11) is 1.60. The standard InChI is InChI=1S/C18H23FN6O/c1-18(2,14-9-22-15-6-4-5-7-25(14)15)23-17(26)12-10-24(11-12)16(21-3)13(19)8-20/h4-9,12,20-21H,10-11H2,1-3H3,(H,23,26)/b16-13-,20-8?. The Balaban J connectivity index is 1.68. The lowest BCUT2D eigenvalue weighted by molar-refractivity contribution is -0.131. The molecule has 26 heavy (non-hydrogen) atoms. The maximum absolute atomic E-state index is 13.6. The zero-order chi connectivity index (χ0) is 18.9. The second-order valence-electron chi connectivity index (χ2n) is 6.88. The molecule has 138 valence electrons. The predicted octanol–water partition coefficient (Wildman–Crippen LogP) is 1.62. The predicted molar refractivity (Wildman–Crippen MR) is 97.4 cm³/mol. The lowest BCUT2D eigenvalue weighted by Crippen LogP contribution is -2.57. The molecular formula is C18H23FN6O. The SMILES string of the molecule is CN/C(=C(/F)C=N)N1CC(C(=O)NC(C)(C)c2cnc3ccccn23)C1. The number of allylic oxidation sites excluding steroid dienone is 1. The zero-order valence-electron chi connectivity index (χ0n) is 15.1. The van der Waals surface area contributed by atoms with Crippen LogP contribution in [0.3, 0.4) is 0 Å². The third-order valence-corrected chi connectivity index (χ3v) is 4.65. The van der Waals surface area contributed by atoms with Gasteiger partial charge in [0.05, 0.1) is 29.6 Å². The molecule has 1 aliphatic rings. The fraction of sp³-hybridized carbons (Fsp3) is 0.389. The molecule has 0 aromatic carbocycles. The first kappa shape index (κ1) is 17.9. The first-order valence-corrected chi connectivity index (χ1v) is 8.45. The molecule has 3 heterocycles. The molecule has 0 aliphatic carbocycles. The number of rotatable bonds is 6. The number of fused-ring (bicyclic) bond motifs is 1. The lowest BCUT2D eigenvalue weighted by atomic mass is 9.95. The van der Waals surface area contributed by atoms with Crippen molar-refractivity contribution in [3.05, 3.63) is 47.9 Å². The van der Waals surface area contributed by atoms with Gasteiger partial charge >= 0.3 is 0 Å². The largest absolute Gasteiger partial charge is 0.372 e. The number of nitrogens with one attached hydrogen (secondary N) is 3. The molecule has 0 bridgehead atoms. The van der Waals surface area contributed by atoms with Crippen LogP contribution >= 0.6 is 0 Å². The Kier molecular flexibility index (Phi) is 4.67. The highest BCUT2D eigenvalue weighted by molar-refractivity contribution is 5.81. The monoisotopic (exact) mass is 358 g/mol. The van der Waals surface area contributed by atoms with Crippen molar-refractivity contribution in [2.24, 2.45) is 5.92 Å². The molecule has 0 atom stereocenters. The topological polar surface area (TPSA) is 85.5 Å². The maximum Gasteiger partial charge on any atom is 0.227 e. The molecular weight excluding hydrogens is 335 g/mol. The van der Waals surface area contributed by atoms with E-state index in [9.17, 15) is 9.18 Å². The quantitative estimate of drug-likeness (QED) is 0.685. The van der Waals surface area contributed by atoms with E-state index in [1.165, 1.54) is 0 Å². The zero-order valence-corrected chi connectivity index (χ0v) is 15.1. The van der Waals surface area contributed by atoms with Gasteiger partial charge in [-0.2, -0.15) is 0 Å². The van der Waals surface area contributed by atoms with Crippen molar-refractivity contribution in [3.8, 4) is 0 Å². The van der Waals surface area contributed by atoms with Crippen molar-refractivity contribution >= 4 is 17.8 Å². The van der Waals surface area contributed by atoms with E-state index in [0.29, 0.717) is 19.3 Å². The summed E-state index contributed by atoms with van der Waals surface area (Å²) in [6, 6.07) is 5.75. The molecule has 0 saturated carbocycles. The van der Waals surface area contributed by atoms with Gasteiger partial charge in [-0.1, -0.05) is 6.07 Å². The summed E-state index contributed by atoms with van der Waals surface area (Å²) in [6.07, 6.45) is 4.35. The number of hydrogen-bond donors (Lipinski definition) is 3. The minimum absolute atomic E-state index is 0.0807. The van der Waals surface area contributed by atoms with Crippen molar-refractivity contribution in [1.82, 2.24) is 24.9 Å². The Morgan fingerprint density at radius 2 is 2.15 bits per heavy atom. The molecule has 8 heteroatoms. The number of nitrogens with zero attached hydrogens (tertiary/aromatic N) is 3. The summed E-state index contributed by atoms with van der Waals surface area (Å²) in [6.45, 7) is 4.69. The summed E-state index contributed by atoms with van der Waals surface area (Å²) in [5.41, 5.74) is 1.12. The molecule has 3 N–H and O–H groups in total. The van der Waals surface area contributed by atoms with E-state index in [-0.39, 0.29) is 17.6 Å². The molecule has 1 saturated heterocycles. The molecule has 3 rings (SSSR count). The van der Waals surface area contributed by atoms with E-state index >= 15 is 0 Å². The smallest absolute Gasteiger partial charge is 0.227 e. The first-order chi connectivity index (χ1) is 12.4. The lowest BCUT2D eigenvalue weighted by Gasteiger charge is -2.42. The number of imidazole rings is 1. The Morgan fingerprint density at radius 3 is 2.81 bits per heavy atom. The number of pyridine rings is 1. The average Bonchev–Trinajstić information content (AvgIpc) is 3.01. The van der Waals surface area contributed by atoms with E-state index < -0.39 is 11.4 Å². The van der Waals surface area contributed by atoms with Crippen LogP contribution in [0.1, 0.15) is 19.5 Å². The maximum atomic E-state index is 13.6. The Labute approximate surface area is 151 Å². The van der Waals surface area contributed by atoms with Crippen LogP contribution < -0.4 is 10.6 Å². The van der Waals surface area contributed by atoms with Crippen LogP contribution in [-0.4, -0.2) is 46.5 Å². The van der Waals surface area contributed by atoms with Crippen LogP contribution in [0.2, 0.25) is 0 Å². The van der Waals surface area contributed by atoms with Gasteiger partial charge in [0.15, 0.2) is 5.83 Å². The summed E-state index contributed by atoms with van der Waals surface area (Å²) in [4.78, 5) is 18.7. The van der Waals surface area contributed by atoms with E-state index in [1.54, 1.807) is 18.1 Å². The normalized spacial score (nSPS) is 16.1. The minimum atomic E-state index is -0.641. The van der Waals surface area contributed by atoms with E-state index in [1.807, 2.05) is 42.6 Å². The molecule has 2 aromatic rings. The van der Waals surface area contributed by atoms with Gasteiger partial charge in [-0.3, -0.25) is 4.79 Å². The molecule has 2 aromatic heterocycles. The average molecular weight is 358 g/mol. The van der Waals surface area contributed by atoms with Crippen LogP contribution in [0.15, 0.2) is 42.2 Å². The molecule has 1 aliphatic heterocycles. The summed E-state index contributed by atoms with van der Waals surface area (Å²) in [5, 5.41) is 12.8. The van der Waals surface area contributed by atoms with Gasteiger partial charge in [-0.05, 0) is 26.0 Å². The van der Waals surface area contributed by atoms with E-state index in [4.69, 9.17) is 5.41 Å². The summed E-state index contributed by atoms with van der Waals surface area (Å²) in [5.74, 6) is -0.708. The number of hydrogen-bond acceptors (Lipinski definition) is 5. The van der Waals surface area contributed by atoms with Crippen LogP contribution in [0.25, 0.3) is 5.65 Å². The molecule has 1 fully saturated rings. The van der Waals surface area contributed by atoms with Crippen molar-refractivity contribution in [2.45, 2.75) is 19.4 Å². The van der Waals surface area contributed by atoms with Crippen LogP contribution in [0.5, 0.6) is 0 Å². The number of amides is 1. The van der Waals surface area contributed by atoms with Gasteiger partial charge < -0.3 is 25.3 Å². The third-order valence-electron chi connectivity index (χ3n) is 4.65. The highest BCUT2D eigenvalue weighted by Gasteiger charge is 2.37. The highest BCUT2D eigenvalue weighted by Crippen LogP contribution is 2.25. The first-order valence-electron chi connectivity index (χ1n) is 8.45. The van der Waals surface area contributed by atoms with Gasteiger partial charge in [0, 0.05) is 26.3 Å². The highest BCUT2D eigenvalue weighted by atomic mass is 19.1. The van der Waals surface area contributed by atoms with Crippen molar-refractivity contribution in [1.29, 1.82) is 5.41 Å². The Morgan fingerprint density at radius 1 is 1.42 bits per heavy atom. The molecule has 1 amide bonds. The Bertz CT molecular complexity index is 865. The second kappa shape index (κ2) is 6.78. The second-order valence-corrected chi connectivity index (χ2v) is 6.88. The third kappa shape index (κ3) is 3.14. The summed E-state index contributed by atoms with van der Waals surface area (Å²) >= 11 is 0. The molecule has 0 unspecified atom stereocenters. The van der Waals surface area contributed by atoms with Crippen LogP contribution in [-0.2, 0) is 10.3 Å². The molecule has 7 nitrogen and oxygen atoms in total. The number of likely N-dealkylation sites (tertiary alicyclic amines) is 1. The Hall–Kier alpha value is -2.90. The fourth-order valence-electron chi connectivity index (χ4n) is 3.19. The number of carbonyl (C=O) groups is 1. The van der Waals surface area contributed by atoms with Crippen LogP contribution in [0, 0.1) is 11.3 Å². The van der Waals surface area contributed by atoms with Crippen molar-refractivity contribution < 1.29 is 9.18 Å². The summed E-state index contributed by atoms with van der Waals surface area (Å²) < 4.78 is 15.6. The molecule has 0 radical (unpaired) electrons. The van der Waals surface area contributed by atoms with E-state index in [0.717, 1.165) is 11.3 Å².